The van der Waals surface area contributed by atoms with Gasteiger partial charge >= 0.3 is 29.7 Å². The third kappa shape index (κ3) is 2.23. The van der Waals surface area contributed by atoms with Crippen molar-refractivity contribution in [3.05, 3.63) is 12.2 Å². The number of carboxylic acid groups (broad SMARTS) is 1. The molecule has 2 heterocycles. The van der Waals surface area contributed by atoms with E-state index in [4.69, 9.17) is 9.84 Å². The number of halogens is 6. The summed E-state index contributed by atoms with van der Waals surface area (Å²) in [5.74, 6) is -25.1. The fourth-order valence-corrected chi connectivity index (χ4v) is 2.02. The molecular weight excluding hydrogens is 326 g/mol. The summed E-state index contributed by atoms with van der Waals surface area (Å²) in [6.07, 6.45) is -0.0308. The number of fused-ring (bicyclic) bond motifs is 2. The van der Waals surface area contributed by atoms with Crippen molar-refractivity contribution in [2.24, 2.45) is 0 Å². The first-order valence-corrected chi connectivity index (χ1v) is 5.83. The molecule has 1 N–H and O–H groups in total. The van der Waals surface area contributed by atoms with Crippen LogP contribution < -0.4 is 0 Å². The normalized spacial score (nSPS) is 28.0. The molecule has 0 aliphatic carbocycles. The van der Waals surface area contributed by atoms with Crippen molar-refractivity contribution in [1.82, 2.24) is 0 Å². The van der Waals surface area contributed by atoms with Gasteiger partial charge in [-0.25, -0.2) is 9.59 Å². The first-order valence-electron chi connectivity index (χ1n) is 5.83. The van der Waals surface area contributed by atoms with Crippen LogP contribution in [0.1, 0.15) is 6.42 Å². The standard InChI is InChI=1S/C11H8F6O5/c12-9(13,7(18)19)11(16,17)10(14,15)8(20)22-6-3-4-1-2-5(6)21-4/h1-2,4-6H,3H2,(H,18,19). The molecule has 11 heteroatoms. The summed E-state index contributed by atoms with van der Waals surface area (Å²) < 4.78 is 87.5. The van der Waals surface area contributed by atoms with E-state index in [0.717, 1.165) is 0 Å². The molecule has 2 aliphatic heterocycles. The lowest BCUT2D eigenvalue weighted by Gasteiger charge is -2.29. The van der Waals surface area contributed by atoms with Gasteiger partial charge < -0.3 is 14.6 Å². The average molecular weight is 334 g/mol. The molecule has 22 heavy (non-hydrogen) atoms. The van der Waals surface area contributed by atoms with Crippen LogP contribution in [0, 0.1) is 0 Å². The first-order chi connectivity index (χ1) is 9.91. The Hall–Kier alpha value is -1.78. The van der Waals surface area contributed by atoms with Crippen molar-refractivity contribution in [3.63, 3.8) is 0 Å². The van der Waals surface area contributed by atoms with E-state index in [2.05, 4.69) is 4.74 Å². The SMILES string of the molecule is O=C(O)C(F)(F)C(F)(F)C(F)(F)C(=O)OC1CC2C=CC1O2. The Kier molecular flexibility index (Phi) is 3.67. The van der Waals surface area contributed by atoms with E-state index in [1.165, 1.54) is 12.2 Å². The van der Waals surface area contributed by atoms with E-state index in [1.54, 1.807) is 0 Å². The number of esters is 1. The third-order valence-corrected chi connectivity index (χ3v) is 3.25. The molecule has 3 unspecified atom stereocenters. The summed E-state index contributed by atoms with van der Waals surface area (Å²) in [5, 5.41) is 7.95. The highest BCUT2D eigenvalue weighted by molar-refractivity contribution is 5.84. The largest absolute Gasteiger partial charge is 0.477 e. The molecule has 124 valence electrons. The van der Waals surface area contributed by atoms with E-state index in [0.29, 0.717) is 0 Å². The van der Waals surface area contributed by atoms with Crippen molar-refractivity contribution in [2.75, 3.05) is 0 Å². The second kappa shape index (κ2) is 4.86. The average Bonchev–Trinajstić information content (AvgIpc) is 3.00. The molecular formula is C11H8F6O5. The zero-order chi connectivity index (χ0) is 16.9. The van der Waals surface area contributed by atoms with E-state index in [-0.39, 0.29) is 6.42 Å². The topological polar surface area (TPSA) is 72.8 Å². The Morgan fingerprint density at radius 3 is 2.09 bits per heavy atom. The van der Waals surface area contributed by atoms with Crippen LogP contribution >= 0.6 is 0 Å². The third-order valence-electron chi connectivity index (χ3n) is 3.25. The van der Waals surface area contributed by atoms with Gasteiger partial charge in [-0.2, -0.15) is 26.3 Å². The molecule has 0 radical (unpaired) electrons. The van der Waals surface area contributed by atoms with Gasteiger partial charge in [0, 0.05) is 6.42 Å². The number of hydrogen-bond acceptors (Lipinski definition) is 4. The van der Waals surface area contributed by atoms with Crippen LogP contribution in [0.2, 0.25) is 0 Å². The summed E-state index contributed by atoms with van der Waals surface area (Å²) in [7, 11) is 0. The van der Waals surface area contributed by atoms with E-state index in [1.807, 2.05) is 0 Å². The van der Waals surface area contributed by atoms with Gasteiger partial charge in [-0.3, -0.25) is 0 Å². The van der Waals surface area contributed by atoms with Gasteiger partial charge in [-0.1, -0.05) is 12.2 Å². The summed E-state index contributed by atoms with van der Waals surface area (Å²) in [5.41, 5.74) is 0. The van der Waals surface area contributed by atoms with Crippen molar-refractivity contribution >= 4 is 11.9 Å². The van der Waals surface area contributed by atoms with Crippen LogP contribution in [0.4, 0.5) is 26.3 Å². The summed E-state index contributed by atoms with van der Waals surface area (Å²) >= 11 is 0. The minimum Gasteiger partial charge on any atom is -0.477 e. The molecule has 2 aliphatic rings. The number of aliphatic carboxylic acids is 1. The molecule has 2 rings (SSSR count). The molecule has 0 aromatic carbocycles. The van der Waals surface area contributed by atoms with Gasteiger partial charge in [0.2, 0.25) is 0 Å². The fraction of sp³-hybridized carbons (Fsp3) is 0.636. The van der Waals surface area contributed by atoms with Crippen LogP contribution in [0.3, 0.4) is 0 Å². The van der Waals surface area contributed by atoms with Crippen LogP contribution in [-0.2, 0) is 19.1 Å². The molecule has 0 amide bonds. The molecule has 1 fully saturated rings. The predicted molar refractivity (Wildman–Crippen MR) is 54.8 cm³/mol. The summed E-state index contributed by atoms with van der Waals surface area (Å²) in [4.78, 5) is 21.2. The zero-order valence-corrected chi connectivity index (χ0v) is 10.4. The number of carbonyl (C=O) groups is 2. The Bertz CT molecular complexity index is 531. The molecule has 0 aromatic heterocycles. The van der Waals surface area contributed by atoms with Gasteiger partial charge in [0.25, 0.3) is 0 Å². The highest BCUT2D eigenvalue weighted by Gasteiger charge is 2.79. The van der Waals surface area contributed by atoms with Crippen LogP contribution in [-0.4, -0.2) is 53.1 Å². The van der Waals surface area contributed by atoms with Gasteiger partial charge in [-0.15, -0.1) is 0 Å². The number of ether oxygens (including phenoxy) is 2. The smallest absolute Gasteiger partial charge is 0.411 e. The van der Waals surface area contributed by atoms with Crippen molar-refractivity contribution < 1.29 is 50.5 Å². The van der Waals surface area contributed by atoms with Crippen LogP contribution in [0.15, 0.2) is 12.2 Å². The quantitative estimate of drug-likeness (QED) is 0.470. The Balaban J connectivity index is 2.16. The van der Waals surface area contributed by atoms with Crippen LogP contribution in [0.5, 0.6) is 0 Å². The lowest BCUT2D eigenvalue weighted by molar-refractivity contribution is -0.301. The number of carbonyl (C=O) groups excluding carboxylic acids is 1. The van der Waals surface area contributed by atoms with Crippen LogP contribution in [0.25, 0.3) is 0 Å². The lowest BCUT2D eigenvalue weighted by Crippen LogP contribution is -2.61. The maximum Gasteiger partial charge on any atom is 0.411 e. The second-order valence-corrected chi connectivity index (χ2v) is 4.73. The molecule has 5 nitrogen and oxygen atoms in total. The molecule has 2 bridgehead atoms. The molecule has 0 spiro atoms. The van der Waals surface area contributed by atoms with Crippen molar-refractivity contribution in [2.45, 2.75) is 42.5 Å². The minimum absolute atomic E-state index is 0.0934. The van der Waals surface area contributed by atoms with E-state index >= 15 is 0 Å². The monoisotopic (exact) mass is 334 g/mol. The second-order valence-electron chi connectivity index (χ2n) is 4.73. The van der Waals surface area contributed by atoms with Gasteiger partial charge in [0.1, 0.15) is 12.2 Å². The van der Waals surface area contributed by atoms with Gasteiger partial charge in [0.05, 0.1) is 6.10 Å². The number of alkyl halides is 6. The fourth-order valence-electron chi connectivity index (χ4n) is 2.02. The highest BCUT2D eigenvalue weighted by Crippen LogP contribution is 2.47. The maximum absolute atomic E-state index is 13.3. The zero-order valence-electron chi connectivity index (χ0n) is 10.4. The minimum atomic E-state index is -6.46. The number of hydrogen-bond donors (Lipinski definition) is 1. The number of carboxylic acids is 1. The number of rotatable bonds is 5. The molecule has 1 saturated heterocycles. The Morgan fingerprint density at radius 1 is 1.09 bits per heavy atom. The van der Waals surface area contributed by atoms with E-state index in [9.17, 15) is 35.9 Å². The first kappa shape index (κ1) is 16.6. The summed E-state index contributed by atoms with van der Waals surface area (Å²) in [6.45, 7) is 0. The van der Waals surface area contributed by atoms with Crippen molar-refractivity contribution in [1.29, 1.82) is 0 Å². The van der Waals surface area contributed by atoms with Gasteiger partial charge in [-0.05, 0) is 0 Å². The summed E-state index contributed by atoms with van der Waals surface area (Å²) in [6, 6.07) is 0. The molecule has 0 aromatic rings. The van der Waals surface area contributed by atoms with E-state index < -0.39 is 48.0 Å². The van der Waals surface area contributed by atoms with Gasteiger partial charge in [0.15, 0.2) is 0 Å². The lowest BCUT2D eigenvalue weighted by atomic mass is 10.0. The Labute approximate surface area is 118 Å². The maximum atomic E-state index is 13.3. The molecule has 3 atom stereocenters. The molecule has 0 saturated carbocycles. The highest BCUT2D eigenvalue weighted by atomic mass is 19.3. The Morgan fingerprint density at radius 2 is 1.68 bits per heavy atom. The predicted octanol–water partition coefficient (Wildman–Crippen LogP) is 1.62. The van der Waals surface area contributed by atoms with Crippen molar-refractivity contribution in [3.8, 4) is 0 Å².